The molecule has 0 unspecified atom stereocenters. The molecular weight excluding hydrogens is 380 g/mol. The van der Waals surface area contributed by atoms with E-state index in [1.54, 1.807) is 24.6 Å². The molecule has 0 amide bonds. The predicted molar refractivity (Wildman–Crippen MR) is 113 cm³/mol. The Kier molecular flexibility index (Phi) is 4.53. The molecule has 30 heavy (non-hydrogen) atoms. The highest BCUT2D eigenvalue weighted by Crippen LogP contribution is 2.19. The Morgan fingerprint density at radius 1 is 0.967 bits per heavy atom. The Balaban J connectivity index is 1.26. The molecule has 1 aromatic carbocycles. The van der Waals surface area contributed by atoms with E-state index < -0.39 is 0 Å². The molecule has 9 heteroatoms. The molecule has 0 aliphatic heterocycles. The number of hydrogen-bond donors (Lipinski definition) is 2. The first kappa shape index (κ1) is 17.8. The minimum atomic E-state index is 0.201. The van der Waals surface area contributed by atoms with Crippen LogP contribution in [0.5, 0.6) is 0 Å². The number of hydrogen-bond acceptors (Lipinski definition) is 8. The van der Waals surface area contributed by atoms with Gasteiger partial charge in [-0.15, -0.1) is 5.10 Å². The Morgan fingerprint density at radius 3 is 2.63 bits per heavy atom. The number of fused-ring (bicyclic) bond motifs is 1. The topological polar surface area (TPSA) is 120 Å². The smallest absolute Gasteiger partial charge is 0.259 e. The fourth-order valence-electron chi connectivity index (χ4n) is 3.09. The van der Waals surface area contributed by atoms with Crippen molar-refractivity contribution in [2.75, 3.05) is 17.6 Å². The molecule has 3 N–H and O–H groups in total. The number of aromatic nitrogens is 6. The molecule has 0 bridgehead atoms. The fraction of sp³-hybridized carbons (Fsp3) is 0.0952. The maximum atomic E-state index is 6.01. The summed E-state index contributed by atoms with van der Waals surface area (Å²) in [6.07, 6.45) is 4.16. The first-order valence-corrected chi connectivity index (χ1v) is 9.45. The summed E-state index contributed by atoms with van der Waals surface area (Å²) >= 11 is 0. The molecule has 4 aromatic heterocycles. The summed E-state index contributed by atoms with van der Waals surface area (Å²) in [5.74, 6) is 1.92. The van der Waals surface area contributed by atoms with Crippen LogP contribution in [0.2, 0.25) is 0 Å². The second kappa shape index (κ2) is 7.63. The van der Waals surface area contributed by atoms with Gasteiger partial charge in [-0.2, -0.15) is 19.5 Å². The molecule has 0 fully saturated rings. The van der Waals surface area contributed by atoms with Crippen molar-refractivity contribution < 1.29 is 4.42 Å². The van der Waals surface area contributed by atoms with Crippen molar-refractivity contribution in [3.8, 4) is 22.8 Å². The van der Waals surface area contributed by atoms with Gasteiger partial charge in [-0.25, -0.2) is 0 Å². The number of nitrogens with two attached hydrogens (primary N) is 1. The van der Waals surface area contributed by atoms with Crippen LogP contribution in [0.25, 0.3) is 28.6 Å². The van der Waals surface area contributed by atoms with Gasteiger partial charge in [-0.1, -0.05) is 30.3 Å². The minimum Gasteiger partial charge on any atom is -0.461 e. The lowest BCUT2D eigenvalue weighted by atomic mass is 10.1. The van der Waals surface area contributed by atoms with Gasteiger partial charge in [0.2, 0.25) is 17.7 Å². The van der Waals surface area contributed by atoms with Crippen LogP contribution in [-0.4, -0.2) is 36.1 Å². The minimum absolute atomic E-state index is 0.201. The zero-order valence-corrected chi connectivity index (χ0v) is 15.9. The number of pyridine rings is 1. The maximum absolute atomic E-state index is 6.01. The summed E-state index contributed by atoms with van der Waals surface area (Å²) < 4.78 is 6.71. The average Bonchev–Trinajstić information content (AvgIpc) is 3.45. The number of nitrogen functional groups attached to an aromatic ring is 1. The number of rotatable bonds is 6. The summed E-state index contributed by atoms with van der Waals surface area (Å²) in [6, 6.07) is 17.8. The van der Waals surface area contributed by atoms with Crippen LogP contribution in [0.15, 0.2) is 71.5 Å². The average molecular weight is 398 g/mol. The molecule has 0 spiro atoms. The first-order chi connectivity index (χ1) is 14.8. The van der Waals surface area contributed by atoms with E-state index in [0.29, 0.717) is 29.9 Å². The second-order valence-corrected chi connectivity index (χ2v) is 6.62. The summed E-state index contributed by atoms with van der Waals surface area (Å²) in [7, 11) is 0. The summed E-state index contributed by atoms with van der Waals surface area (Å²) in [6.45, 7) is 0.651. The lowest BCUT2D eigenvalue weighted by molar-refractivity contribution is 0.577. The number of nitrogens with zero attached hydrogens (tertiary/aromatic N) is 6. The molecule has 148 valence electrons. The van der Waals surface area contributed by atoms with Crippen molar-refractivity contribution >= 4 is 17.7 Å². The third kappa shape index (κ3) is 3.55. The van der Waals surface area contributed by atoms with Crippen LogP contribution in [0, 0.1) is 0 Å². The normalized spacial score (nSPS) is 11.1. The zero-order valence-electron chi connectivity index (χ0n) is 15.9. The lowest BCUT2D eigenvalue weighted by Gasteiger charge is -2.07. The van der Waals surface area contributed by atoms with Crippen molar-refractivity contribution in [1.82, 2.24) is 29.5 Å². The van der Waals surface area contributed by atoms with Gasteiger partial charge in [0.05, 0.1) is 12.0 Å². The second-order valence-electron chi connectivity index (χ2n) is 6.62. The van der Waals surface area contributed by atoms with E-state index in [0.717, 1.165) is 17.7 Å². The van der Waals surface area contributed by atoms with Gasteiger partial charge in [0.25, 0.3) is 5.78 Å². The first-order valence-electron chi connectivity index (χ1n) is 9.45. The monoisotopic (exact) mass is 398 g/mol. The van der Waals surface area contributed by atoms with Crippen LogP contribution in [0.4, 0.5) is 11.9 Å². The number of anilines is 2. The maximum Gasteiger partial charge on any atom is 0.259 e. The number of nitrogens with one attached hydrogen (secondary N) is 1. The SMILES string of the molecule is Nc1nc(NCCc2ccc(-c3ccccn3)cc2)nc2nc(-c3ccco3)nn12. The molecule has 0 radical (unpaired) electrons. The molecule has 0 atom stereocenters. The highest BCUT2D eigenvalue weighted by Gasteiger charge is 2.13. The van der Waals surface area contributed by atoms with Gasteiger partial charge < -0.3 is 15.5 Å². The predicted octanol–water partition coefficient (Wildman–Crippen LogP) is 3.08. The van der Waals surface area contributed by atoms with Gasteiger partial charge in [0, 0.05) is 18.3 Å². The highest BCUT2D eigenvalue weighted by molar-refractivity contribution is 5.59. The molecule has 5 aromatic rings. The van der Waals surface area contributed by atoms with Gasteiger partial charge in [0.1, 0.15) is 0 Å². The third-order valence-corrected chi connectivity index (χ3v) is 4.59. The van der Waals surface area contributed by atoms with Gasteiger partial charge in [0.15, 0.2) is 5.76 Å². The largest absolute Gasteiger partial charge is 0.461 e. The molecule has 0 aliphatic carbocycles. The van der Waals surface area contributed by atoms with E-state index >= 15 is 0 Å². The summed E-state index contributed by atoms with van der Waals surface area (Å²) in [5.41, 5.74) is 9.26. The van der Waals surface area contributed by atoms with Crippen LogP contribution >= 0.6 is 0 Å². The van der Waals surface area contributed by atoms with Crippen molar-refractivity contribution in [2.45, 2.75) is 6.42 Å². The van der Waals surface area contributed by atoms with Crippen LogP contribution in [-0.2, 0) is 6.42 Å². The van der Waals surface area contributed by atoms with E-state index in [1.165, 1.54) is 10.1 Å². The van der Waals surface area contributed by atoms with E-state index in [1.807, 2.05) is 18.2 Å². The van der Waals surface area contributed by atoms with E-state index in [2.05, 4.69) is 54.6 Å². The van der Waals surface area contributed by atoms with E-state index in [-0.39, 0.29) is 5.95 Å². The van der Waals surface area contributed by atoms with Crippen molar-refractivity contribution in [3.63, 3.8) is 0 Å². The van der Waals surface area contributed by atoms with Gasteiger partial charge >= 0.3 is 0 Å². The van der Waals surface area contributed by atoms with E-state index in [4.69, 9.17) is 10.2 Å². The standard InChI is InChI=1S/C21H18N8O/c22-19-26-20(27-21-25-18(28-29(19)21)17-5-3-13-30-17)24-12-10-14-6-8-15(9-7-14)16-4-1-2-11-23-16/h1-9,11,13H,10,12H2,(H3,22,24,25,26,27,28). The quantitative estimate of drug-likeness (QED) is 0.448. The molecule has 0 saturated carbocycles. The van der Waals surface area contributed by atoms with Gasteiger partial charge in [-0.05, 0) is 36.2 Å². The Hall–Kier alpha value is -4.27. The zero-order chi connectivity index (χ0) is 20.3. The molecule has 5 rings (SSSR count). The van der Waals surface area contributed by atoms with Crippen molar-refractivity contribution in [2.24, 2.45) is 0 Å². The number of benzene rings is 1. The Labute approximate surface area is 171 Å². The summed E-state index contributed by atoms with van der Waals surface area (Å²) in [4.78, 5) is 17.4. The Bertz CT molecular complexity index is 1260. The molecule has 0 saturated heterocycles. The third-order valence-electron chi connectivity index (χ3n) is 4.59. The lowest BCUT2D eigenvalue weighted by Crippen LogP contribution is -2.12. The number of furan rings is 1. The molecule has 0 aliphatic rings. The molecule has 9 nitrogen and oxygen atoms in total. The summed E-state index contributed by atoms with van der Waals surface area (Å²) in [5, 5.41) is 7.48. The van der Waals surface area contributed by atoms with Crippen molar-refractivity contribution in [1.29, 1.82) is 0 Å². The van der Waals surface area contributed by atoms with Crippen molar-refractivity contribution in [3.05, 3.63) is 72.6 Å². The molecule has 4 heterocycles. The van der Waals surface area contributed by atoms with Gasteiger partial charge in [-0.3, -0.25) is 4.98 Å². The Morgan fingerprint density at radius 2 is 1.87 bits per heavy atom. The van der Waals surface area contributed by atoms with Crippen LogP contribution in [0.1, 0.15) is 5.56 Å². The van der Waals surface area contributed by atoms with E-state index in [9.17, 15) is 0 Å². The highest BCUT2D eigenvalue weighted by atomic mass is 16.3. The fourth-order valence-corrected chi connectivity index (χ4v) is 3.09. The van der Waals surface area contributed by atoms with Crippen LogP contribution < -0.4 is 11.1 Å². The molecular formula is C21H18N8O. The van der Waals surface area contributed by atoms with Crippen LogP contribution in [0.3, 0.4) is 0 Å².